The second-order valence-electron chi connectivity index (χ2n) is 9.21. The fraction of sp³-hybridized carbons (Fsp3) is 0.739. The highest BCUT2D eigenvalue weighted by atomic mass is 32.1. The molecule has 0 spiro atoms. The second-order valence-corrected chi connectivity index (χ2v) is 10.3. The Hall–Kier alpha value is -1.28. The third kappa shape index (κ3) is 4.96. The molecule has 0 bridgehead atoms. The predicted octanol–water partition coefficient (Wildman–Crippen LogP) is 3.88. The molecule has 2 fully saturated rings. The lowest BCUT2D eigenvalue weighted by molar-refractivity contribution is 0.0331. The number of aromatic nitrogens is 2. The number of thiophene rings is 1. The number of fused-ring (bicyclic) bond motifs is 3. The average molecular weight is 431 g/mol. The topological polar surface area (TPSA) is 59.5 Å². The van der Waals surface area contributed by atoms with Crippen LogP contribution < -0.4 is 5.32 Å². The number of rotatable bonds is 9. The first-order valence-electron chi connectivity index (χ1n) is 11.7. The summed E-state index contributed by atoms with van der Waals surface area (Å²) >= 11 is 1.89. The van der Waals surface area contributed by atoms with Crippen molar-refractivity contribution in [3.05, 3.63) is 16.3 Å². The summed E-state index contributed by atoms with van der Waals surface area (Å²) in [6, 6.07) is 0. The normalized spacial score (nSPS) is 22.4. The molecule has 1 aliphatic heterocycles. The predicted molar refractivity (Wildman–Crippen MR) is 121 cm³/mol. The lowest BCUT2D eigenvalue weighted by atomic mass is 9.89. The molecule has 0 amide bonds. The molecule has 2 aromatic heterocycles. The molecule has 0 unspecified atom stereocenters. The summed E-state index contributed by atoms with van der Waals surface area (Å²) in [5.41, 5.74) is 1.50. The molecule has 30 heavy (non-hydrogen) atoms. The molecule has 3 aliphatic rings. The summed E-state index contributed by atoms with van der Waals surface area (Å²) in [6.07, 6.45) is 7.32. The Bertz CT molecular complexity index is 860. The number of ether oxygens (including phenoxy) is 2. The Balaban J connectivity index is 1.32. The summed E-state index contributed by atoms with van der Waals surface area (Å²) < 4.78 is 11.3. The summed E-state index contributed by atoms with van der Waals surface area (Å²) in [5, 5.41) is 4.93. The van der Waals surface area contributed by atoms with Gasteiger partial charge in [0.1, 0.15) is 16.5 Å². The second kappa shape index (κ2) is 9.47. The van der Waals surface area contributed by atoms with Crippen LogP contribution in [-0.2, 0) is 28.9 Å². The maximum absolute atomic E-state index is 5.81. The number of aryl methyl sites for hydroxylation is 1. The minimum absolute atomic E-state index is 0.770. The molecule has 2 aliphatic carbocycles. The molecule has 0 radical (unpaired) electrons. The van der Waals surface area contributed by atoms with Gasteiger partial charge in [-0.2, -0.15) is 0 Å². The van der Waals surface area contributed by atoms with Crippen LogP contribution in [0.3, 0.4) is 0 Å². The molecule has 1 saturated heterocycles. The van der Waals surface area contributed by atoms with Crippen LogP contribution in [0.2, 0.25) is 0 Å². The van der Waals surface area contributed by atoms with Crippen LogP contribution in [0.5, 0.6) is 0 Å². The van der Waals surface area contributed by atoms with E-state index in [1.807, 2.05) is 11.3 Å². The molecule has 1 saturated carbocycles. The van der Waals surface area contributed by atoms with E-state index in [4.69, 9.17) is 19.4 Å². The minimum Gasteiger partial charge on any atom is -0.381 e. The first-order valence-corrected chi connectivity index (χ1v) is 12.5. The summed E-state index contributed by atoms with van der Waals surface area (Å²) in [7, 11) is 0. The number of nitrogens with one attached hydrogen (secondary N) is 1. The number of hydrogen-bond donors (Lipinski definition) is 1. The SMILES string of the molecule is C[C@@H]1CCc2c(sc3nc(CN4CCOCC4)nc(NCCCOCC4CC4)c23)C1. The van der Waals surface area contributed by atoms with Crippen molar-refractivity contribution < 1.29 is 9.47 Å². The van der Waals surface area contributed by atoms with Gasteiger partial charge in [-0.05, 0) is 55.9 Å². The molecule has 3 heterocycles. The highest BCUT2D eigenvalue weighted by Crippen LogP contribution is 2.40. The van der Waals surface area contributed by atoms with Crippen molar-refractivity contribution in [1.29, 1.82) is 0 Å². The third-order valence-corrected chi connectivity index (χ3v) is 7.63. The van der Waals surface area contributed by atoms with Gasteiger partial charge in [-0.1, -0.05) is 6.92 Å². The zero-order valence-electron chi connectivity index (χ0n) is 18.1. The molecular weight excluding hydrogens is 396 g/mol. The van der Waals surface area contributed by atoms with Gasteiger partial charge >= 0.3 is 0 Å². The molecule has 1 atom stereocenters. The van der Waals surface area contributed by atoms with E-state index in [1.165, 1.54) is 46.3 Å². The van der Waals surface area contributed by atoms with Crippen molar-refractivity contribution in [2.45, 2.75) is 52.0 Å². The zero-order valence-corrected chi connectivity index (χ0v) is 18.9. The largest absolute Gasteiger partial charge is 0.381 e. The Kier molecular flexibility index (Phi) is 6.51. The van der Waals surface area contributed by atoms with Gasteiger partial charge in [0.15, 0.2) is 0 Å². The highest BCUT2D eigenvalue weighted by molar-refractivity contribution is 7.19. The lowest BCUT2D eigenvalue weighted by Crippen LogP contribution is -2.36. The van der Waals surface area contributed by atoms with Crippen LogP contribution in [0.1, 0.15) is 48.9 Å². The first kappa shape index (κ1) is 20.6. The van der Waals surface area contributed by atoms with Crippen molar-refractivity contribution in [3.8, 4) is 0 Å². The van der Waals surface area contributed by atoms with Gasteiger partial charge in [0.2, 0.25) is 0 Å². The standard InChI is InChI=1S/C23H34N4O2S/c1-16-3-6-18-19(13-16)30-23-21(18)22(24-7-2-10-29-15-17-4-5-17)25-20(26-23)14-27-8-11-28-12-9-27/h16-17H,2-15H2,1H3,(H,24,25,26)/t16-/m1/s1. The Labute approximate surface area is 183 Å². The maximum Gasteiger partial charge on any atom is 0.146 e. The lowest BCUT2D eigenvalue weighted by Gasteiger charge is -2.26. The van der Waals surface area contributed by atoms with E-state index in [0.717, 1.165) is 88.9 Å². The van der Waals surface area contributed by atoms with Gasteiger partial charge in [0.05, 0.1) is 25.1 Å². The van der Waals surface area contributed by atoms with E-state index in [0.29, 0.717) is 0 Å². The van der Waals surface area contributed by atoms with Gasteiger partial charge in [-0.25, -0.2) is 9.97 Å². The van der Waals surface area contributed by atoms with Crippen LogP contribution >= 0.6 is 11.3 Å². The fourth-order valence-corrected chi connectivity index (χ4v) is 5.86. The van der Waals surface area contributed by atoms with Gasteiger partial charge in [0.25, 0.3) is 0 Å². The van der Waals surface area contributed by atoms with Gasteiger partial charge in [-0.15, -0.1) is 11.3 Å². The van der Waals surface area contributed by atoms with Crippen LogP contribution in [0, 0.1) is 11.8 Å². The summed E-state index contributed by atoms with van der Waals surface area (Å²) in [4.78, 5) is 15.1. The molecule has 2 aromatic rings. The molecule has 0 aromatic carbocycles. The highest BCUT2D eigenvalue weighted by Gasteiger charge is 2.25. The van der Waals surface area contributed by atoms with Crippen LogP contribution in [0.25, 0.3) is 10.2 Å². The summed E-state index contributed by atoms with van der Waals surface area (Å²) in [5.74, 6) is 3.58. The molecule has 7 heteroatoms. The zero-order chi connectivity index (χ0) is 20.3. The molecule has 164 valence electrons. The van der Waals surface area contributed by atoms with Crippen LogP contribution in [0.15, 0.2) is 0 Å². The molecule has 5 rings (SSSR count). The average Bonchev–Trinajstić information content (AvgIpc) is 3.50. The number of anilines is 1. The maximum atomic E-state index is 5.81. The summed E-state index contributed by atoms with van der Waals surface area (Å²) in [6.45, 7) is 9.37. The van der Waals surface area contributed by atoms with E-state index in [9.17, 15) is 0 Å². The third-order valence-electron chi connectivity index (χ3n) is 6.48. The van der Waals surface area contributed by atoms with Crippen molar-refractivity contribution >= 4 is 27.4 Å². The van der Waals surface area contributed by atoms with Gasteiger partial charge in [-0.3, -0.25) is 4.90 Å². The van der Waals surface area contributed by atoms with Crippen LogP contribution in [0.4, 0.5) is 5.82 Å². The van der Waals surface area contributed by atoms with Crippen LogP contribution in [-0.4, -0.2) is 60.9 Å². The van der Waals surface area contributed by atoms with Crippen molar-refractivity contribution in [2.75, 3.05) is 51.4 Å². The fourth-order valence-electron chi connectivity index (χ4n) is 4.46. The number of nitrogens with zero attached hydrogens (tertiary/aromatic N) is 3. The van der Waals surface area contributed by atoms with E-state index in [2.05, 4.69) is 17.1 Å². The Morgan fingerprint density at radius 2 is 2.07 bits per heavy atom. The van der Waals surface area contributed by atoms with Crippen molar-refractivity contribution in [1.82, 2.24) is 14.9 Å². The number of hydrogen-bond acceptors (Lipinski definition) is 7. The first-order chi connectivity index (χ1) is 14.8. The van der Waals surface area contributed by atoms with Crippen molar-refractivity contribution in [2.24, 2.45) is 11.8 Å². The van der Waals surface area contributed by atoms with E-state index < -0.39 is 0 Å². The van der Waals surface area contributed by atoms with Gasteiger partial charge in [0, 0.05) is 37.7 Å². The van der Waals surface area contributed by atoms with E-state index in [1.54, 1.807) is 0 Å². The van der Waals surface area contributed by atoms with Gasteiger partial charge < -0.3 is 14.8 Å². The quantitative estimate of drug-likeness (QED) is 0.610. The monoisotopic (exact) mass is 430 g/mol. The molecular formula is C23H34N4O2S. The molecule has 1 N–H and O–H groups in total. The minimum atomic E-state index is 0.770. The van der Waals surface area contributed by atoms with E-state index in [-0.39, 0.29) is 0 Å². The van der Waals surface area contributed by atoms with Crippen molar-refractivity contribution in [3.63, 3.8) is 0 Å². The number of morpholine rings is 1. The smallest absolute Gasteiger partial charge is 0.146 e. The Morgan fingerprint density at radius 1 is 1.20 bits per heavy atom. The molecule has 6 nitrogen and oxygen atoms in total. The van der Waals surface area contributed by atoms with E-state index >= 15 is 0 Å². The Morgan fingerprint density at radius 3 is 2.90 bits per heavy atom.